The van der Waals surface area contributed by atoms with Gasteiger partial charge in [-0.1, -0.05) is 7.43 Å². The van der Waals surface area contributed by atoms with Gasteiger partial charge in [-0.3, -0.25) is 5.41 Å². The van der Waals surface area contributed by atoms with Gasteiger partial charge < -0.3 is 5.73 Å². The lowest BCUT2D eigenvalue weighted by molar-refractivity contribution is 1.42. The minimum atomic E-state index is 0. The van der Waals surface area contributed by atoms with Gasteiger partial charge in [-0.05, 0) is 6.92 Å². The van der Waals surface area contributed by atoms with Crippen molar-refractivity contribution in [3.05, 3.63) is 0 Å². The molecule has 3 N–H and O–H groups in total. The van der Waals surface area contributed by atoms with E-state index in [9.17, 15) is 0 Å². The topological polar surface area (TPSA) is 49.9 Å². The van der Waals surface area contributed by atoms with Crippen molar-refractivity contribution < 1.29 is 0 Å². The summed E-state index contributed by atoms with van der Waals surface area (Å²) in [5.41, 5.74) is 4.69. The monoisotopic (exact) mass is 74.1 g/mol. The average molecular weight is 74.1 g/mol. The van der Waals surface area contributed by atoms with Crippen LogP contribution in [0.2, 0.25) is 0 Å². The molecule has 0 amide bonds. The molecule has 2 heteroatoms. The second kappa shape index (κ2) is 3.47. The Bertz CT molecular complexity index is 27.9. The van der Waals surface area contributed by atoms with E-state index in [0.29, 0.717) is 0 Å². The molecule has 0 spiro atoms. The molecule has 0 aliphatic carbocycles. The van der Waals surface area contributed by atoms with E-state index in [0.717, 1.165) is 0 Å². The van der Waals surface area contributed by atoms with Gasteiger partial charge in [0.2, 0.25) is 0 Å². The lowest BCUT2D eigenvalue weighted by Gasteiger charge is -1.66. The maximum atomic E-state index is 6.28. The standard InChI is InChI=1S/C2H6N2.CH4/c1-2(3)4;/h1H3,(H3,3,4);1H4. The Kier molecular flexibility index (Phi) is 6.12. The molecule has 0 fully saturated rings. The molecule has 0 unspecified atom stereocenters. The van der Waals surface area contributed by atoms with Crippen molar-refractivity contribution >= 4 is 5.84 Å². The summed E-state index contributed by atoms with van der Waals surface area (Å²) in [6.07, 6.45) is 0. The van der Waals surface area contributed by atoms with Crippen LogP contribution in [0.3, 0.4) is 0 Å². The van der Waals surface area contributed by atoms with Gasteiger partial charge in [0.25, 0.3) is 0 Å². The van der Waals surface area contributed by atoms with Crippen LogP contribution in [0.4, 0.5) is 0 Å². The van der Waals surface area contributed by atoms with Gasteiger partial charge in [-0.2, -0.15) is 0 Å². The van der Waals surface area contributed by atoms with Crippen LogP contribution in [0.15, 0.2) is 0 Å². The van der Waals surface area contributed by atoms with Crippen LogP contribution in [0.5, 0.6) is 0 Å². The summed E-state index contributed by atoms with van der Waals surface area (Å²) in [6.45, 7) is 1.53. The van der Waals surface area contributed by atoms with Crippen molar-refractivity contribution in [1.82, 2.24) is 0 Å². The van der Waals surface area contributed by atoms with Crippen LogP contribution in [0.1, 0.15) is 14.4 Å². The zero-order valence-corrected chi connectivity index (χ0v) is 2.58. The SMILES string of the molecule is C.CC(=N)N. The zero-order valence-electron chi connectivity index (χ0n) is 2.58. The van der Waals surface area contributed by atoms with Crippen LogP contribution in [-0.4, -0.2) is 5.84 Å². The molecule has 0 radical (unpaired) electrons. The van der Waals surface area contributed by atoms with Crippen molar-refractivity contribution in [2.24, 2.45) is 5.73 Å². The van der Waals surface area contributed by atoms with Gasteiger partial charge in [-0.25, -0.2) is 0 Å². The highest BCUT2D eigenvalue weighted by Crippen LogP contribution is 1.36. The summed E-state index contributed by atoms with van der Waals surface area (Å²) >= 11 is 0. The third kappa shape index (κ3) is 26.7. The summed E-state index contributed by atoms with van der Waals surface area (Å²) in [5, 5.41) is 6.28. The molecule has 0 atom stereocenters. The Balaban J connectivity index is 0. The molecule has 32 valence electrons. The molecule has 2 nitrogen and oxygen atoms in total. The Labute approximate surface area is 32.5 Å². The van der Waals surface area contributed by atoms with E-state index in [-0.39, 0.29) is 13.3 Å². The maximum Gasteiger partial charge on any atom is 0.0873 e. The van der Waals surface area contributed by atoms with Crippen molar-refractivity contribution in [2.45, 2.75) is 14.4 Å². The van der Waals surface area contributed by atoms with Crippen LogP contribution < -0.4 is 5.73 Å². The summed E-state index contributed by atoms with van der Waals surface area (Å²) in [7, 11) is 0. The van der Waals surface area contributed by atoms with Gasteiger partial charge >= 0.3 is 0 Å². The van der Waals surface area contributed by atoms with Crippen molar-refractivity contribution in [3.8, 4) is 0 Å². The third-order valence-electron chi connectivity index (χ3n) is 0. The van der Waals surface area contributed by atoms with Gasteiger partial charge in [0.15, 0.2) is 0 Å². The molecule has 0 aliphatic rings. The number of hydrogen-bond donors (Lipinski definition) is 2. The number of nitrogens with one attached hydrogen (secondary N) is 1. The van der Waals surface area contributed by atoms with Gasteiger partial charge in [-0.15, -0.1) is 0 Å². The molecule has 5 heavy (non-hydrogen) atoms. The molecular weight excluding hydrogens is 64.0 g/mol. The molecule has 0 saturated carbocycles. The van der Waals surface area contributed by atoms with Crippen molar-refractivity contribution in [2.75, 3.05) is 0 Å². The molecule has 0 saturated heterocycles. The number of hydrogen-bond acceptors (Lipinski definition) is 1. The predicted octanol–water partition coefficient (Wildman–Crippen LogP) is 0.578. The Hall–Kier alpha value is -0.530. The lowest BCUT2D eigenvalue weighted by atomic mass is 10.8. The van der Waals surface area contributed by atoms with Crippen molar-refractivity contribution in [1.29, 1.82) is 5.41 Å². The van der Waals surface area contributed by atoms with E-state index in [4.69, 9.17) is 11.1 Å². The highest BCUT2D eigenvalue weighted by Gasteiger charge is 1.53. The number of rotatable bonds is 0. The molecule has 0 aliphatic heterocycles. The second-order valence-electron chi connectivity index (χ2n) is 0.683. The van der Waals surface area contributed by atoms with Crippen molar-refractivity contribution in [3.63, 3.8) is 0 Å². The quantitative estimate of drug-likeness (QED) is 0.320. The highest BCUT2D eigenvalue weighted by atomic mass is 14.7. The van der Waals surface area contributed by atoms with E-state index in [1.165, 1.54) is 6.92 Å². The molecule has 0 bridgehead atoms. The highest BCUT2D eigenvalue weighted by molar-refractivity contribution is 5.73. The smallest absolute Gasteiger partial charge is 0.0873 e. The summed E-state index contributed by atoms with van der Waals surface area (Å²) in [4.78, 5) is 0. The first-order chi connectivity index (χ1) is 1.73. The fourth-order valence-electron chi connectivity index (χ4n) is 0. The van der Waals surface area contributed by atoms with E-state index >= 15 is 0 Å². The minimum absolute atomic E-state index is 0. The summed E-state index contributed by atoms with van der Waals surface area (Å²) in [6, 6.07) is 0. The van der Waals surface area contributed by atoms with E-state index in [1.54, 1.807) is 0 Å². The first kappa shape index (κ1) is 8.82. The van der Waals surface area contributed by atoms with E-state index < -0.39 is 0 Å². The van der Waals surface area contributed by atoms with E-state index in [2.05, 4.69) is 0 Å². The normalized spacial score (nSPS) is 5.00. The molecule has 0 heterocycles. The largest absolute Gasteiger partial charge is 0.388 e. The van der Waals surface area contributed by atoms with Crippen LogP contribution in [0, 0.1) is 5.41 Å². The minimum Gasteiger partial charge on any atom is -0.388 e. The third-order valence-corrected chi connectivity index (χ3v) is 0. The predicted molar refractivity (Wildman–Crippen MR) is 24.3 cm³/mol. The van der Waals surface area contributed by atoms with Crippen LogP contribution in [-0.2, 0) is 0 Å². The number of amidine groups is 1. The first-order valence-corrected chi connectivity index (χ1v) is 1.04. The van der Waals surface area contributed by atoms with Gasteiger partial charge in [0, 0.05) is 0 Å². The molecule has 0 aromatic carbocycles. The fraction of sp³-hybridized carbons (Fsp3) is 0.667. The van der Waals surface area contributed by atoms with Crippen LogP contribution in [0.25, 0.3) is 0 Å². The van der Waals surface area contributed by atoms with Gasteiger partial charge in [0.1, 0.15) is 0 Å². The maximum absolute atomic E-state index is 6.28. The Morgan fingerprint density at radius 1 is 1.80 bits per heavy atom. The summed E-state index contributed by atoms with van der Waals surface area (Å²) in [5.74, 6) is 0.167. The Morgan fingerprint density at radius 2 is 1.80 bits per heavy atom. The zero-order chi connectivity index (χ0) is 3.58. The molecular formula is C3H10N2. The lowest BCUT2D eigenvalue weighted by Crippen LogP contribution is -2.00. The number of nitrogens with two attached hydrogens (primary N) is 1. The molecule has 0 rings (SSSR count). The van der Waals surface area contributed by atoms with Gasteiger partial charge in [0.05, 0.1) is 5.84 Å². The van der Waals surface area contributed by atoms with Crippen LogP contribution >= 0.6 is 0 Å². The van der Waals surface area contributed by atoms with E-state index in [1.807, 2.05) is 0 Å². The first-order valence-electron chi connectivity index (χ1n) is 1.04. The second-order valence-corrected chi connectivity index (χ2v) is 0.683. The fourth-order valence-corrected chi connectivity index (χ4v) is 0. The molecule has 0 aromatic heterocycles. The molecule has 0 aromatic rings. The summed E-state index contributed by atoms with van der Waals surface area (Å²) < 4.78 is 0. The average Bonchev–Trinajstić information content (AvgIpc) is 0.811. The Morgan fingerprint density at radius 3 is 1.80 bits per heavy atom.